The lowest BCUT2D eigenvalue weighted by Crippen LogP contribution is -2.47. The zero-order valence-electron chi connectivity index (χ0n) is 13.0. The van der Waals surface area contributed by atoms with E-state index in [0.717, 1.165) is 10.4 Å². The van der Waals surface area contributed by atoms with Crippen LogP contribution in [0.15, 0.2) is 5.38 Å². The Morgan fingerprint density at radius 1 is 1.09 bits per heavy atom. The van der Waals surface area contributed by atoms with Gasteiger partial charge in [0.25, 0.3) is 5.91 Å². The van der Waals surface area contributed by atoms with Crippen molar-refractivity contribution in [2.24, 2.45) is 0 Å². The normalized spacial score (nSPS) is 25.7. The Kier molecular flexibility index (Phi) is 3.71. The summed E-state index contributed by atoms with van der Waals surface area (Å²) in [4.78, 5) is 39.0. The Hall–Kier alpha value is -1.69. The molecule has 3 amide bonds. The van der Waals surface area contributed by atoms with E-state index in [1.54, 1.807) is 4.90 Å². The Morgan fingerprint density at radius 3 is 2.65 bits per heavy atom. The van der Waals surface area contributed by atoms with Crippen LogP contribution in [0.5, 0.6) is 0 Å². The van der Waals surface area contributed by atoms with E-state index in [4.69, 9.17) is 0 Å². The zero-order valence-corrected chi connectivity index (χ0v) is 13.8. The van der Waals surface area contributed by atoms with E-state index in [-0.39, 0.29) is 17.7 Å². The van der Waals surface area contributed by atoms with Gasteiger partial charge >= 0.3 is 0 Å². The first-order chi connectivity index (χ1) is 11.1. The van der Waals surface area contributed by atoms with Crippen LogP contribution in [-0.2, 0) is 16.1 Å². The lowest BCUT2D eigenvalue weighted by molar-refractivity contribution is -0.132. The molecule has 5 nitrogen and oxygen atoms in total. The van der Waals surface area contributed by atoms with Crippen molar-refractivity contribution in [3.63, 3.8) is 0 Å². The van der Waals surface area contributed by atoms with Crippen LogP contribution >= 0.6 is 11.3 Å². The molecule has 2 aliphatic heterocycles. The molecule has 23 heavy (non-hydrogen) atoms. The van der Waals surface area contributed by atoms with E-state index < -0.39 is 6.04 Å². The van der Waals surface area contributed by atoms with Gasteiger partial charge in [-0.2, -0.15) is 0 Å². The molecule has 1 unspecified atom stereocenters. The van der Waals surface area contributed by atoms with Gasteiger partial charge in [-0.3, -0.25) is 19.7 Å². The molecular formula is C17H20N2O3S. The summed E-state index contributed by atoms with van der Waals surface area (Å²) >= 11 is 1.52. The quantitative estimate of drug-likeness (QED) is 0.847. The minimum atomic E-state index is -0.509. The summed E-state index contributed by atoms with van der Waals surface area (Å²) in [6.07, 6.45) is 6.51. The lowest BCUT2D eigenvalue weighted by Gasteiger charge is -2.25. The van der Waals surface area contributed by atoms with Gasteiger partial charge in [0.2, 0.25) is 11.8 Å². The number of rotatable bonds is 2. The molecule has 1 N–H and O–H groups in total. The van der Waals surface area contributed by atoms with Gasteiger partial charge < -0.3 is 4.90 Å². The maximum absolute atomic E-state index is 12.7. The fraction of sp³-hybridized carbons (Fsp3) is 0.588. The molecule has 2 fully saturated rings. The van der Waals surface area contributed by atoms with Crippen LogP contribution in [0.2, 0.25) is 0 Å². The molecule has 122 valence electrons. The van der Waals surface area contributed by atoms with Crippen LogP contribution in [0.25, 0.3) is 0 Å². The minimum absolute atomic E-state index is 0.0382. The number of thiophene rings is 1. The first-order valence-corrected chi connectivity index (χ1v) is 9.28. The van der Waals surface area contributed by atoms with Crippen molar-refractivity contribution in [3.8, 4) is 0 Å². The molecule has 0 radical (unpaired) electrons. The van der Waals surface area contributed by atoms with Crippen molar-refractivity contribution in [1.82, 2.24) is 10.2 Å². The van der Waals surface area contributed by atoms with Crippen molar-refractivity contribution in [3.05, 3.63) is 21.4 Å². The third-order valence-corrected chi connectivity index (χ3v) is 6.36. The number of hydrogen-bond acceptors (Lipinski definition) is 4. The molecule has 1 aromatic rings. The van der Waals surface area contributed by atoms with Crippen LogP contribution in [0, 0.1) is 0 Å². The fourth-order valence-electron chi connectivity index (χ4n) is 4.11. The van der Waals surface area contributed by atoms with Gasteiger partial charge in [0.15, 0.2) is 0 Å². The Labute approximate surface area is 139 Å². The molecule has 0 spiro atoms. The molecule has 1 saturated carbocycles. The van der Waals surface area contributed by atoms with Crippen molar-refractivity contribution in [1.29, 1.82) is 0 Å². The topological polar surface area (TPSA) is 66.5 Å². The van der Waals surface area contributed by atoms with Gasteiger partial charge in [-0.15, -0.1) is 11.3 Å². The van der Waals surface area contributed by atoms with Crippen molar-refractivity contribution in [2.75, 3.05) is 0 Å². The molecule has 0 bridgehead atoms. The average molecular weight is 332 g/mol. The molecule has 3 aliphatic rings. The summed E-state index contributed by atoms with van der Waals surface area (Å²) in [5, 5.41) is 4.56. The minimum Gasteiger partial charge on any atom is -0.322 e. The Balaban J connectivity index is 1.59. The smallest absolute Gasteiger partial charge is 0.265 e. The number of carbonyl (C=O) groups is 3. The molecule has 1 saturated heterocycles. The second-order valence-corrected chi connectivity index (χ2v) is 7.61. The molecule has 1 aromatic heterocycles. The van der Waals surface area contributed by atoms with Crippen LogP contribution in [0.4, 0.5) is 0 Å². The van der Waals surface area contributed by atoms with E-state index in [1.165, 1.54) is 42.6 Å². The standard InChI is InChI=1S/C17H20N2O3S/c20-14-7-3-6-13(16(21)18-14)19-8-11-12(10-4-1-2-5-10)9-23-15(11)17(19)22/h9-10,13H,1-8H2,(H,18,20,21). The van der Waals surface area contributed by atoms with Gasteiger partial charge in [-0.05, 0) is 48.1 Å². The number of imide groups is 1. The summed E-state index contributed by atoms with van der Waals surface area (Å²) in [6.45, 7) is 0.524. The Bertz CT molecular complexity index is 675. The van der Waals surface area contributed by atoms with Gasteiger partial charge in [0.1, 0.15) is 6.04 Å². The number of amides is 3. The Morgan fingerprint density at radius 2 is 1.87 bits per heavy atom. The predicted molar refractivity (Wildman–Crippen MR) is 86.2 cm³/mol. The van der Waals surface area contributed by atoms with Crippen molar-refractivity contribution >= 4 is 29.1 Å². The summed E-state index contributed by atoms with van der Waals surface area (Å²) in [7, 11) is 0. The van der Waals surface area contributed by atoms with E-state index in [9.17, 15) is 14.4 Å². The highest BCUT2D eigenvalue weighted by Gasteiger charge is 2.40. The van der Waals surface area contributed by atoms with Gasteiger partial charge in [-0.1, -0.05) is 12.8 Å². The van der Waals surface area contributed by atoms with Crippen LogP contribution in [0.1, 0.15) is 71.7 Å². The van der Waals surface area contributed by atoms with Gasteiger partial charge in [0, 0.05) is 13.0 Å². The molecular weight excluding hydrogens is 312 g/mol. The second-order valence-electron chi connectivity index (χ2n) is 6.73. The third kappa shape index (κ3) is 2.49. The van der Waals surface area contributed by atoms with Gasteiger partial charge in [0.05, 0.1) is 4.88 Å². The number of nitrogens with zero attached hydrogens (tertiary/aromatic N) is 1. The highest BCUT2D eigenvalue weighted by Crippen LogP contribution is 2.42. The SMILES string of the molecule is O=C1CCCC(N2Cc3c(C4CCCC4)csc3C2=O)C(=O)N1. The zero-order chi connectivity index (χ0) is 16.0. The lowest BCUT2D eigenvalue weighted by atomic mass is 9.96. The summed E-state index contributed by atoms with van der Waals surface area (Å²) in [6, 6.07) is -0.509. The number of carbonyl (C=O) groups excluding carboxylic acids is 3. The molecule has 4 rings (SSSR count). The molecule has 1 atom stereocenters. The predicted octanol–water partition coefficient (Wildman–Crippen LogP) is 2.56. The highest BCUT2D eigenvalue weighted by molar-refractivity contribution is 7.12. The van der Waals surface area contributed by atoms with Crippen LogP contribution < -0.4 is 5.32 Å². The summed E-state index contributed by atoms with van der Waals surface area (Å²) in [5.41, 5.74) is 2.46. The average Bonchev–Trinajstić information content (AvgIpc) is 3.20. The first kappa shape index (κ1) is 14.9. The largest absolute Gasteiger partial charge is 0.322 e. The molecule has 0 aromatic carbocycles. The van der Waals surface area contributed by atoms with E-state index >= 15 is 0 Å². The van der Waals surface area contributed by atoms with E-state index in [1.807, 2.05) is 0 Å². The maximum atomic E-state index is 12.7. The van der Waals surface area contributed by atoms with Crippen LogP contribution in [0.3, 0.4) is 0 Å². The number of fused-ring (bicyclic) bond motifs is 1. The second kappa shape index (κ2) is 5.74. The fourth-order valence-corrected chi connectivity index (χ4v) is 5.23. The maximum Gasteiger partial charge on any atom is 0.265 e. The van der Waals surface area contributed by atoms with Gasteiger partial charge in [-0.25, -0.2) is 0 Å². The van der Waals surface area contributed by atoms with Crippen molar-refractivity contribution in [2.45, 2.75) is 63.5 Å². The monoisotopic (exact) mass is 332 g/mol. The van der Waals surface area contributed by atoms with E-state index in [2.05, 4.69) is 10.7 Å². The molecule has 6 heteroatoms. The third-order valence-electron chi connectivity index (χ3n) is 5.33. The summed E-state index contributed by atoms with van der Waals surface area (Å²) in [5.74, 6) is -0.0139. The van der Waals surface area contributed by atoms with Crippen molar-refractivity contribution < 1.29 is 14.4 Å². The first-order valence-electron chi connectivity index (χ1n) is 8.40. The number of nitrogens with one attached hydrogen (secondary N) is 1. The molecule has 3 heterocycles. The summed E-state index contributed by atoms with van der Waals surface area (Å²) < 4.78 is 0. The van der Waals surface area contributed by atoms with Crippen LogP contribution in [-0.4, -0.2) is 28.7 Å². The molecule has 1 aliphatic carbocycles. The number of hydrogen-bond donors (Lipinski definition) is 1. The van der Waals surface area contributed by atoms with E-state index in [0.29, 0.717) is 31.7 Å². The highest BCUT2D eigenvalue weighted by atomic mass is 32.1.